The van der Waals surface area contributed by atoms with Crippen LogP contribution in [0.25, 0.3) is 0 Å². The lowest BCUT2D eigenvalue weighted by atomic mass is 10.0. The maximum Gasteiger partial charge on any atom is 0.257 e. The molecule has 0 aliphatic rings. The van der Waals surface area contributed by atoms with Gasteiger partial charge in [0.15, 0.2) is 0 Å². The highest BCUT2D eigenvalue weighted by molar-refractivity contribution is 5.94. The van der Waals surface area contributed by atoms with Gasteiger partial charge < -0.3 is 4.90 Å². The number of aryl methyl sites for hydroxylation is 2. The summed E-state index contributed by atoms with van der Waals surface area (Å²) in [6.45, 7) is 5.62. The quantitative estimate of drug-likeness (QED) is 0.824. The lowest BCUT2D eigenvalue weighted by Crippen LogP contribution is -2.30. The Balaban J connectivity index is 2.26. The predicted octanol–water partition coefficient (Wildman–Crippen LogP) is 4.28. The SMILES string of the molecule is Cc1ccc(C(C)N(C)C(=O)c2cccc(C)c2F)cc1. The van der Waals surface area contributed by atoms with E-state index in [0.717, 1.165) is 5.56 Å². The fourth-order valence-electron chi connectivity index (χ4n) is 2.25. The highest BCUT2D eigenvalue weighted by atomic mass is 19.1. The van der Waals surface area contributed by atoms with Crippen LogP contribution in [0.3, 0.4) is 0 Å². The molecule has 0 saturated carbocycles. The van der Waals surface area contributed by atoms with Gasteiger partial charge in [0.05, 0.1) is 11.6 Å². The minimum atomic E-state index is -0.439. The first-order valence-electron chi connectivity index (χ1n) is 7.00. The molecule has 0 aliphatic carbocycles. The van der Waals surface area contributed by atoms with E-state index in [2.05, 4.69) is 0 Å². The number of carbonyl (C=O) groups is 1. The molecule has 1 unspecified atom stereocenters. The summed E-state index contributed by atoms with van der Waals surface area (Å²) >= 11 is 0. The molecule has 2 aromatic rings. The van der Waals surface area contributed by atoms with Gasteiger partial charge in [-0.3, -0.25) is 4.79 Å². The first kappa shape index (κ1) is 15.2. The fraction of sp³-hybridized carbons (Fsp3) is 0.278. The molecule has 0 N–H and O–H groups in total. The van der Waals surface area contributed by atoms with Gasteiger partial charge in [0.25, 0.3) is 5.91 Å². The van der Waals surface area contributed by atoms with Crippen LogP contribution in [-0.2, 0) is 0 Å². The Morgan fingerprint density at radius 3 is 2.33 bits per heavy atom. The van der Waals surface area contributed by atoms with Crippen molar-refractivity contribution in [1.29, 1.82) is 0 Å². The van der Waals surface area contributed by atoms with Gasteiger partial charge in [-0.1, -0.05) is 42.0 Å². The second kappa shape index (κ2) is 6.08. The molecule has 2 aromatic carbocycles. The zero-order chi connectivity index (χ0) is 15.6. The summed E-state index contributed by atoms with van der Waals surface area (Å²) in [6.07, 6.45) is 0. The smallest absolute Gasteiger partial charge is 0.257 e. The summed E-state index contributed by atoms with van der Waals surface area (Å²) in [5, 5.41) is 0. The Hall–Kier alpha value is -2.16. The van der Waals surface area contributed by atoms with E-state index in [1.807, 2.05) is 38.1 Å². The van der Waals surface area contributed by atoms with E-state index >= 15 is 0 Å². The number of carbonyl (C=O) groups excluding carboxylic acids is 1. The van der Waals surface area contributed by atoms with Crippen molar-refractivity contribution in [1.82, 2.24) is 4.90 Å². The normalized spacial score (nSPS) is 12.0. The molecule has 0 aromatic heterocycles. The van der Waals surface area contributed by atoms with Crippen LogP contribution in [0.5, 0.6) is 0 Å². The van der Waals surface area contributed by atoms with Gasteiger partial charge in [-0.15, -0.1) is 0 Å². The number of benzene rings is 2. The third-order valence-electron chi connectivity index (χ3n) is 3.88. The zero-order valence-electron chi connectivity index (χ0n) is 12.9. The lowest BCUT2D eigenvalue weighted by molar-refractivity contribution is 0.0737. The Morgan fingerprint density at radius 1 is 1.10 bits per heavy atom. The molecule has 2 rings (SSSR count). The van der Waals surface area contributed by atoms with Crippen molar-refractivity contribution in [2.45, 2.75) is 26.8 Å². The average molecular weight is 285 g/mol. The average Bonchev–Trinajstić information content (AvgIpc) is 2.48. The van der Waals surface area contributed by atoms with Gasteiger partial charge in [0.1, 0.15) is 5.82 Å². The van der Waals surface area contributed by atoms with E-state index in [1.165, 1.54) is 11.6 Å². The number of nitrogens with zero attached hydrogens (tertiary/aromatic N) is 1. The molecule has 0 fully saturated rings. The topological polar surface area (TPSA) is 20.3 Å². The van der Waals surface area contributed by atoms with Crippen LogP contribution in [0.4, 0.5) is 4.39 Å². The van der Waals surface area contributed by atoms with E-state index in [-0.39, 0.29) is 17.5 Å². The van der Waals surface area contributed by atoms with E-state index in [9.17, 15) is 9.18 Å². The first-order valence-corrected chi connectivity index (χ1v) is 7.00. The standard InChI is InChI=1S/C18H20FNO/c1-12-8-10-15(11-9-12)14(3)20(4)18(21)16-7-5-6-13(2)17(16)19/h5-11,14H,1-4H3. The van der Waals surface area contributed by atoms with Crippen LogP contribution in [-0.4, -0.2) is 17.9 Å². The highest BCUT2D eigenvalue weighted by Crippen LogP contribution is 2.22. The van der Waals surface area contributed by atoms with Gasteiger partial charge >= 0.3 is 0 Å². The molecule has 0 heterocycles. The third-order valence-corrected chi connectivity index (χ3v) is 3.88. The molecule has 1 atom stereocenters. The van der Waals surface area contributed by atoms with Crippen LogP contribution in [0.2, 0.25) is 0 Å². The van der Waals surface area contributed by atoms with Crippen molar-refractivity contribution in [2.75, 3.05) is 7.05 Å². The molecule has 0 radical (unpaired) electrons. The first-order chi connectivity index (χ1) is 9.91. The zero-order valence-corrected chi connectivity index (χ0v) is 12.9. The van der Waals surface area contributed by atoms with Gasteiger partial charge in [-0.2, -0.15) is 0 Å². The van der Waals surface area contributed by atoms with Crippen molar-refractivity contribution < 1.29 is 9.18 Å². The Morgan fingerprint density at radius 2 is 1.71 bits per heavy atom. The van der Waals surface area contributed by atoms with Gasteiger partial charge in [0.2, 0.25) is 0 Å². The van der Waals surface area contributed by atoms with Crippen molar-refractivity contribution >= 4 is 5.91 Å². The molecule has 0 aliphatic heterocycles. The molecule has 2 nitrogen and oxygen atoms in total. The molecular weight excluding hydrogens is 265 g/mol. The molecule has 0 bridgehead atoms. The van der Waals surface area contributed by atoms with Gasteiger partial charge in [-0.25, -0.2) is 4.39 Å². The van der Waals surface area contributed by atoms with Gasteiger partial charge in [0, 0.05) is 7.05 Å². The minimum absolute atomic E-state index is 0.113. The summed E-state index contributed by atoms with van der Waals surface area (Å²) in [7, 11) is 1.70. The summed E-state index contributed by atoms with van der Waals surface area (Å²) in [6, 6.07) is 12.8. The van der Waals surface area contributed by atoms with Crippen LogP contribution in [0.1, 0.15) is 40.0 Å². The Kier molecular flexibility index (Phi) is 4.41. The van der Waals surface area contributed by atoms with Crippen LogP contribution in [0.15, 0.2) is 42.5 Å². The number of hydrogen-bond donors (Lipinski definition) is 0. The molecule has 0 saturated heterocycles. The molecule has 21 heavy (non-hydrogen) atoms. The maximum absolute atomic E-state index is 14.1. The largest absolute Gasteiger partial charge is 0.335 e. The minimum Gasteiger partial charge on any atom is -0.335 e. The van der Waals surface area contributed by atoms with E-state index in [4.69, 9.17) is 0 Å². The van der Waals surface area contributed by atoms with Crippen LogP contribution >= 0.6 is 0 Å². The maximum atomic E-state index is 14.1. The summed E-state index contributed by atoms with van der Waals surface area (Å²) in [5.41, 5.74) is 2.81. The molecule has 1 amide bonds. The van der Waals surface area contributed by atoms with Crippen molar-refractivity contribution in [3.8, 4) is 0 Å². The monoisotopic (exact) mass is 285 g/mol. The number of hydrogen-bond acceptors (Lipinski definition) is 1. The van der Waals surface area contributed by atoms with Crippen LogP contribution in [0, 0.1) is 19.7 Å². The third kappa shape index (κ3) is 3.13. The van der Waals surface area contributed by atoms with Crippen molar-refractivity contribution in [2.24, 2.45) is 0 Å². The summed E-state index contributed by atoms with van der Waals surface area (Å²) in [4.78, 5) is 14.1. The van der Waals surface area contributed by atoms with Crippen molar-refractivity contribution in [3.05, 3.63) is 70.5 Å². The second-order valence-corrected chi connectivity index (χ2v) is 5.44. The Bertz CT molecular complexity index is 649. The highest BCUT2D eigenvalue weighted by Gasteiger charge is 2.22. The summed E-state index contributed by atoms with van der Waals surface area (Å²) in [5.74, 6) is -0.741. The Labute approximate surface area is 125 Å². The molecule has 0 spiro atoms. The fourth-order valence-corrected chi connectivity index (χ4v) is 2.25. The van der Waals surface area contributed by atoms with Crippen LogP contribution < -0.4 is 0 Å². The number of amides is 1. The lowest BCUT2D eigenvalue weighted by Gasteiger charge is -2.26. The summed E-state index contributed by atoms with van der Waals surface area (Å²) < 4.78 is 14.1. The molecule has 3 heteroatoms. The number of rotatable bonds is 3. The molecule has 110 valence electrons. The van der Waals surface area contributed by atoms with Gasteiger partial charge in [-0.05, 0) is 38.0 Å². The predicted molar refractivity (Wildman–Crippen MR) is 82.8 cm³/mol. The second-order valence-electron chi connectivity index (χ2n) is 5.44. The molecular formula is C18H20FNO. The van der Waals surface area contributed by atoms with Crippen molar-refractivity contribution in [3.63, 3.8) is 0 Å². The van der Waals surface area contributed by atoms with E-state index in [1.54, 1.807) is 31.0 Å². The number of halogens is 1. The van der Waals surface area contributed by atoms with E-state index in [0.29, 0.717) is 5.56 Å². The van der Waals surface area contributed by atoms with E-state index < -0.39 is 5.82 Å².